The van der Waals surface area contributed by atoms with Gasteiger partial charge < -0.3 is 10.5 Å². The van der Waals surface area contributed by atoms with E-state index in [4.69, 9.17) is 10.5 Å². The van der Waals surface area contributed by atoms with Crippen molar-refractivity contribution in [2.24, 2.45) is 0 Å². The van der Waals surface area contributed by atoms with Crippen molar-refractivity contribution >= 4 is 5.82 Å². The fourth-order valence-electron chi connectivity index (χ4n) is 2.15. The lowest BCUT2D eigenvalue weighted by atomic mass is 10.0. The van der Waals surface area contributed by atoms with Crippen LogP contribution in [0.15, 0.2) is 24.4 Å². The second kappa shape index (κ2) is 4.69. The number of H-pyrrole nitrogens is 2. The molecular weight excluding hydrogens is 256 g/mol. The monoisotopic (exact) mass is 270 g/mol. The largest absolute Gasteiger partial charge is 0.496 e. The number of hydrogen-bond acceptors (Lipinski definition) is 5. The standard InChI is InChI=1S/C13H14N6O/c1-7-3-4-10(20-2)8(5-7)11-12(17-18-13(11)14)9-6-15-19-16-9/h3-6H,1-2H3,(H3,14,17,18)(H,15,16,19). The van der Waals surface area contributed by atoms with Crippen LogP contribution in [-0.2, 0) is 0 Å². The molecule has 0 amide bonds. The molecule has 0 saturated carbocycles. The molecule has 102 valence electrons. The van der Waals surface area contributed by atoms with Gasteiger partial charge in [0.25, 0.3) is 0 Å². The van der Waals surface area contributed by atoms with Gasteiger partial charge in [-0.3, -0.25) is 5.10 Å². The summed E-state index contributed by atoms with van der Waals surface area (Å²) in [5.41, 5.74) is 10.1. The number of nitrogens with two attached hydrogens (primary N) is 1. The maximum atomic E-state index is 6.00. The lowest BCUT2D eigenvalue weighted by molar-refractivity contribution is 0.416. The molecule has 0 radical (unpaired) electrons. The number of nitrogen functional groups attached to an aromatic ring is 1. The van der Waals surface area contributed by atoms with Crippen molar-refractivity contribution < 1.29 is 4.74 Å². The molecule has 0 atom stereocenters. The van der Waals surface area contributed by atoms with E-state index in [1.807, 2.05) is 25.1 Å². The summed E-state index contributed by atoms with van der Waals surface area (Å²) in [4.78, 5) is 0. The number of ether oxygens (including phenoxy) is 1. The number of rotatable bonds is 3. The first kappa shape index (κ1) is 12.2. The zero-order chi connectivity index (χ0) is 14.1. The molecule has 0 saturated heterocycles. The Balaban J connectivity index is 2.25. The molecule has 0 fully saturated rings. The Morgan fingerprint density at radius 3 is 2.80 bits per heavy atom. The Morgan fingerprint density at radius 2 is 2.10 bits per heavy atom. The first-order valence-electron chi connectivity index (χ1n) is 6.05. The van der Waals surface area contributed by atoms with Gasteiger partial charge in [0.15, 0.2) is 5.82 Å². The third kappa shape index (κ3) is 1.89. The van der Waals surface area contributed by atoms with Crippen LogP contribution in [-0.4, -0.2) is 32.7 Å². The van der Waals surface area contributed by atoms with Gasteiger partial charge >= 0.3 is 0 Å². The van der Waals surface area contributed by atoms with E-state index < -0.39 is 0 Å². The molecule has 2 aromatic heterocycles. The summed E-state index contributed by atoms with van der Waals surface area (Å²) in [7, 11) is 1.63. The van der Waals surface area contributed by atoms with Gasteiger partial charge in [-0.05, 0) is 19.1 Å². The molecule has 1 aromatic carbocycles. The molecule has 3 aromatic rings. The molecule has 0 bridgehead atoms. The molecule has 0 aliphatic rings. The average Bonchev–Trinajstić information content (AvgIpc) is 3.07. The Morgan fingerprint density at radius 1 is 1.25 bits per heavy atom. The van der Waals surface area contributed by atoms with E-state index in [0.29, 0.717) is 17.2 Å². The van der Waals surface area contributed by atoms with Crippen molar-refractivity contribution in [2.75, 3.05) is 12.8 Å². The lowest BCUT2D eigenvalue weighted by Crippen LogP contribution is -1.93. The van der Waals surface area contributed by atoms with Gasteiger partial charge in [0.2, 0.25) is 0 Å². The van der Waals surface area contributed by atoms with E-state index in [0.717, 1.165) is 22.4 Å². The third-order valence-corrected chi connectivity index (χ3v) is 3.09. The fraction of sp³-hybridized carbons (Fsp3) is 0.154. The van der Waals surface area contributed by atoms with Crippen molar-refractivity contribution in [2.45, 2.75) is 6.92 Å². The van der Waals surface area contributed by atoms with Crippen molar-refractivity contribution in [1.82, 2.24) is 25.6 Å². The molecule has 20 heavy (non-hydrogen) atoms. The van der Waals surface area contributed by atoms with E-state index in [-0.39, 0.29) is 0 Å². The van der Waals surface area contributed by atoms with Crippen LogP contribution in [0.5, 0.6) is 5.75 Å². The normalized spacial score (nSPS) is 10.7. The first-order chi connectivity index (χ1) is 9.70. The molecule has 0 aliphatic carbocycles. The summed E-state index contributed by atoms with van der Waals surface area (Å²) in [6.45, 7) is 2.01. The average molecular weight is 270 g/mol. The van der Waals surface area contributed by atoms with Crippen molar-refractivity contribution in [3.05, 3.63) is 30.0 Å². The van der Waals surface area contributed by atoms with Crippen LogP contribution in [0.4, 0.5) is 5.82 Å². The predicted molar refractivity (Wildman–Crippen MR) is 75.1 cm³/mol. The minimum Gasteiger partial charge on any atom is -0.496 e. The Bertz CT molecular complexity index is 731. The van der Waals surface area contributed by atoms with Crippen LogP contribution in [0.25, 0.3) is 22.5 Å². The number of aromatic amines is 2. The van der Waals surface area contributed by atoms with Gasteiger partial charge in [0.1, 0.15) is 11.4 Å². The van der Waals surface area contributed by atoms with Crippen molar-refractivity contribution in [3.63, 3.8) is 0 Å². The summed E-state index contributed by atoms with van der Waals surface area (Å²) in [6, 6.07) is 5.89. The quantitative estimate of drug-likeness (QED) is 0.672. The Kier molecular flexibility index (Phi) is 2.86. The van der Waals surface area contributed by atoms with Crippen LogP contribution in [0, 0.1) is 6.92 Å². The number of benzene rings is 1. The van der Waals surface area contributed by atoms with Crippen LogP contribution >= 0.6 is 0 Å². The van der Waals surface area contributed by atoms with E-state index in [1.54, 1.807) is 13.3 Å². The van der Waals surface area contributed by atoms with Crippen LogP contribution < -0.4 is 10.5 Å². The van der Waals surface area contributed by atoms with Crippen LogP contribution in [0.1, 0.15) is 5.56 Å². The van der Waals surface area contributed by atoms with Gasteiger partial charge in [-0.15, -0.1) is 0 Å². The van der Waals surface area contributed by atoms with Gasteiger partial charge in [0, 0.05) is 5.56 Å². The highest BCUT2D eigenvalue weighted by Crippen LogP contribution is 2.39. The highest BCUT2D eigenvalue weighted by molar-refractivity contribution is 5.89. The SMILES string of the molecule is COc1ccc(C)cc1-c1c(N)n[nH]c1-c1cn[nH]n1. The minimum absolute atomic E-state index is 0.395. The number of nitrogens with one attached hydrogen (secondary N) is 2. The molecular formula is C13H14N6O. The maximum absolute atomic E-state index is 6.00. The number of nitrogens with zero attached hydrogens (tertiary/aromatic N) is 3. The molecule has 0 spiro atoms. The van der Waals surface area contributed by atoms with E-state index in [9.17, 15) is 0 Å². The molecule has 0 unspecified atom stereocenters. The number of anilines is 1. The van der Waals surface area contributed by atoms with E-state index >= 15 is 0 Å². The van der Waals surface area contributed by atoms with Gasteiger partial charge in [0.05, 0.1) is 24.6 Å². The molecule has 2 heterocycles. The summed E-state index contributed by atoms with van der Waals surface area (Å²) < 4.78 is 5.41. The molecule has 7 heteroatoms. The molecule has 4 N–H and O–H groups in total. The van der Waals surface area contributed by atoms with Gasteiger partial charge in [-0.1, -0.05) is 11.6 Å². The molecule has 3 rings (SSSR count). The molecule has 0 aliphatic heterocycles. The minimum atomic E-state index is 0.395. The topological polar surface area (TPSA) is 105 Å². The first-order valence-corrected chi connectivity index (χ1v) is 6.05. The fourth-order valence-corrected chi connectivity index (χ4v) is 2.15. The van der Waals surface area contributed by atoms with E-state index in [2.05, 4.69) is 25.6 Å². The zero-order valence-electron chi connectivity index (χ0n) is 11.1. The summed E-state index contributed by atoms with van der Waals surface area (Å²) in [6.07, 6.45) is 1.61. The summed E-state index contributed by atoms with van der Waals surface area (Å²) >= 11 is 0. The highest BCUT2D eigenvalue weighted by Gasteiger charge is 2.19. The predicted octanol–water partition coefficient (Wildman–Crippen LogP) is 1.76. The third-order valence-electron chi connectivity index (χ3n) is 3.09. The van der Waals surface area contributed by atoms with Crippen molar-refractivity contribution in [1.29, 1.82) is 0 Å². The number of hydrogen-bond donors (Lipinski definition) is 3. The maximum Gasteiger partial charge on any atom is 0.153 e. The second-order valence-corrected chi connectivity index (χ2v) is 4.42. The summed E-state index contributed by atoms with van der Waals surface area (Å²) in [5, 5.41) is 17.4. The lowest BCUT2D eigenvalue weighted by Gasteiger charge is -2.10. The zero-order valence-corrected chi connectivity index (χ0v) is 11.1. The number of aryl methyl sites for hydroxylation is 1. The number of methoxy groups -OCH3 is 1. The van der Waals surface area contributed by atoms with Crippen LogP contribution in [0.3, 0.4) is 0 Å². The highest BCUT2D eigenvalue weighted by atomic mass is 16.5. The Hall–Kier alpha value is -2.83. The summed E-state index contributed by atoms with van der Waals surface area (Å²) in [5.74, 6) is 1.13. The van der Waals surface area contributed by atoms with Gasteiger partial charge in [-0.25, -0.2) is 0 Å². The number of aromatic nitrogens is 5. The van der Waals surface area contributed by atoms with Crippen LogP contribution in [0.2, 0.25) is 0 Å². The Labute approximate surface area is 115 Å². The van der Waals surface area contributed by atoms with Crippen molar-refractivity contribution in [3.8, 4) is 28.3 Å². The second-order valence-electron chi connectivity index (χ2n) is 4.42. The molecule has 7 nitrogen and oxygen atoms in total. The van der Waals surface area contributed by atoms with Gasteiger partial charge in [-0.2, -0.15) is 20.5 Å². The van der Waals surface area contributed by atoms with E-state index in [1.165, 1.54) is 0 Å². The smallest absolute Gasteiger partial charge is 0.153 e.